The Morgan fingerprint density at radius 2 is 2.10 bits per heavy atom. The third-order valence-corrected chi connectivity index (χ3v) is 3.73. The van der Waals surface area contributed by atoms with Crippen LogP contribution < -0.4 is 11.1 Å². The van der Waals surface area contributed by atoms with Crippen molar-refractivity contribution in [1.82, 2.24) is 0 Å². The predicted octanol–water partition coefficient (Wildman–Crippen LogP) is 2.97. The van der Waals surface area contributed by atoms with E-state index in [9.17, 15) is 9.18 Å². The summed E-state index contributed by atoms with van der Waals surface area (Å²) in [5.74, 6) is -1.12. The van der Waals surface area contributed by atoms with Gasteiger partial charge in [0.25, 0.3) is 0 Å². The van der Waals surface area contributed by atoms with Gasteiger partial charge in [0.05, 0.1) is 10.7 Å². The number of benzene rings is 1. The number of carbonyl (C=O) groups excluding carboxylic acids is 1. The maximum Gasteiger partial charge on any atom is 0.238 e. The Kier molecular flexibility index (Phi) is 5.33. The molecule has 1 aromatic rings. The van der Waals surface area contributed by atoms with Gasteiger partial charge in [-0.25, -0.2) is 4.39 Å². The van der Waals surface area contributed by atoms with Crippen LogP contribution in [0.2, 0.25) is 5.02 Å². The van der Waals surface area contributed by atoms with Crippen molar-refractivity contribution in [2.45, 2.75) is 26.7 Å². The molecule has 0 aromatic heterocycles. The number of anilines is 1. The minimum atomic E-state index is -1.13. The smallest absolute Gasteiger partial charge is 0.238 e. The molecular weight excluding hydrogens is 285 g/mol. The van der Waals surface area contributed by atoms with E-state index in [1.807, 2.05) is 0 Å². The molecule has 0 spiro atoms. The Morgan fingerprint density at radius 1 is 1.50 bits per heavy atom. The van der Waals surface area contributed by atoms with Crippen LogP contribution in [0.4, 0.5) is 10.1 Å². The van der Waals surface area contributed by atoms with Gasteiger partial charge < -0.3 is 16.3 Å². The van der Waals surface area contributed by atoms with Crippen molar-refractivity contribution in [3.63, 3.8) is 0 Å². The van der Waals surface area contributed by atoms with Gasteiger partial charge in [-0.3, -0.25) is 4.79 Å². The van der Waals surface area contributed by atoms with Gasteiger partial charge in [-0.1, -0.05) is 30.6 Å². The van der Waals surface area contributed by atoms with Gasteiger partial charge in [0.15, 0.2) is 5.84 Å². The second-order valence-corrected chi connectivity index (χ2v) is 4.76. The molecule has 110 valence electrons. The third kappa shape index (κ3) is 3.01. The molecule has 1 amide bonds. The number of amides is 1. The Labute approximate surface area is 121 Å². The van der Waals surface area contributed by atoms with E-state index < -0.39 is 17.1 Å². The minimum Gasteiger partial charge on any atom is -0.409 e. The van der Waals surface area contributed by atoms with Gasteiger partial charge >= 0.3 is 0 Å². The molecule has 0 atom stereocenters. The van der Waals surface area contributed by atoms with Gasteiger partial charge in [0, 0.05) is 0 Å². The molecule has 0 aliphatic rings. The number of hydrogen-bond donors (Lipinski definition) is 3. The van der Waals surface area contributed by atoms with E-state index in [-0.39, 0.29) is 16.5 Å². The number of carbonyl (C=O) groups is 1. The van der Waals surface area contributed by atoms with Crippen LogP contribution in [0.1, 0.15) is 26.7 Å². The van der Waals surface area contributed by atoms with Crippen LogP contribution in [0.3, 0.4) is 0 Å². The number of amidine groups is 1. The SMILES string of the molecule is CCC(CC)(C(=O)Nc1ccc(F)cc1Cl)C(N)=NO. The summed E-state index contributed by atoms with van der Waals surface area (Å²) in [6.45, 7) is 3.51. The average molecular weight is 302 g/mol. The standard InChI is InChI=1S/C13H17ClFN3O2/c1-3-13(4-2,11(16)18-20)12(19)17-10-6-5-8(15)7-9(10)14/h5-7,20H,3-4H2,1-2H3,(H2,16,18)(H,17,19). The molecule has 20 heavy (non-hydrogen) atoms. The molecule has 0 aliphatic heterocycles. The maximum absolute atomic E-state index is 13.0. The van der Waals surface area contributed by atoms with Crippen LogP contribution in [0.25, 0.3) is 0 Å². The molecule has 4 N–H and O–H groups in total. The largest absolute Gasteiger partial charge is 0.409 e. The van der Waals surface area contributed by atoms with E-state index in [1.165, 1.54) is 12.1 Å². The first-order valence-electron chi connectivity index (χ1n) is 6.15. The monoisotopic (exact) mass is 301 g/mol. The number of rotatable bonds is 5. The van der Waals surface area contributed by atoms with Crippen molar-refractivity contribution in [2.24, 2.45) is 16.3 Å². The molecule has 5 nitrogen and oxygen atoms in total. The van der Waals surface area contributed by atoms with Gasteiger partial charge in [-0.15, -0.1) is 0 Å². The number of nitrogens with two attached hydrogens (primary N) is 1. The molecule has 0 saturated carbocycles. The van der Waals surface area contributed by atoms with E-state index in [2.05, 4.69) is 10.5 Å². The molecule has 7 heteroatoms. The van der Waals surface area contributed by atoms with Crippen molar-refractivity contribution in [1.29, 1.82) is 0 Å². The van der Waals surface area contributed by atoms with Gasteiger partial charge in [-0.05, 0) is 31.0 Å². The zero-order valence-electron chi connectivity index (χ0n) is 11.3. The highest BCUT2D eigenvalue weighted by Gasteiger charge is 2.40. The molecule has 1 aromatic carbocycles. The summed E-state index contributed by atoms with van der Waals surface area (Å²) in [5, 5.41) is 14.5. The number of oxime groups is 1. The van der Waals surface area contributed by atoms with Gasteiger partial charge in [0.2, 0.25) is 5.91 Å². The second-order valence-electron chi connectivity index (χ2n) is 4.35. The molecule has 0 fully saturated rings. The van der Waals surface area contributed by atoms with Gasteiger partial charge in [0.1, 0.15) is 11.2 Å². The van der Waals surface area contributed by atoms with Crippen molar-refractivity contribution < 1.29 is 14.4 Å². The van der Waals surface area contributed by atoms with Crippen molar-refractivity contribution in [3.8, 4) is 0 Å². The van der Waals surface area contributed by atoms with Crippen molar-refractivity contribution in [2.75, 3.05) is 5.32 Å². The number of halogens is 2. The molecule has 0 bridgehead atoms. The van der Waals surface area contributed by atoms with E-state index in [0.29, 0.717) is 12.8 Å². The van der Waals surface area contributed by atoms with Crippen LogP contribution in [0.5, 0.6) is 0 Å². The minimum absolute atomic E-state index is 0.0824. The van der Waals surface area contributed by atoms with Crippen LogP contribution in [-0.2, 0) is 4.79 Å². The molecule has 0 heterocycles. The highest BCUT2D eigenvalue weighted by Crippen LogP contribution is 2.30. The van der Waals surface area contributed by atoms with E-state index in [1.54, 1.807) is 13.8 Å². The first-order valence-corrected chi connectivity index (χ1v) is 6.53. The summed E-state index contributed by atoms with van der Waals surface area (Å²) < 4.78 is 13.0. The summed E-state index contributed by atoms with van der Waals surface area (Å²) in [6.07, 6.45) is 0.702. The summed E-state index contributed by atoms with van der Waals surface area (Å²) in [4.78, 5) is 12.4. The molecule has 0 aliphatic carbocycles. The zero-order valence-corrected chi connectivity index (χ0v) is 12.0. The molecule has 1 rings (SSSR count). The number of nitrogens with one attached hydrogen (secondary N) is 1. The quantitative estimate of drug-likeness (QED) is 0.338. The lowest BCUT2D eigenvalue weighted by atomic mass is 9.80. The summed E-state index contributed by atoms with van der Waals surface area (Å²) in [6, 6.07) is 3.64. The Balaban J connectivity index is 3.09. The lowest BCUT2D eigenvalue weighted by Crippen LogP contribution is -2.46. The highest BCUT2D eigenvalue weighted by molar-refractivity contribution is 6.34. The number of hydrogen-bond acceptors (Lipinski definition) is 3. The van der Waals surface area contributed by atoms with Crippen LogP contribution >= 0.6 is 11.6 Å². The second kappa shape index (κ2) is 6.56. The van der Waals surface area contributed by atoms with Crippen LogP contribution in [0, 0.1) is 11.2 Å². The zero-order chi connectivity index (χ0) is 15.3. The third-order valence-electron chi connectivity index (χ3n) is 3.42. The Bertz CT molecular complexity index is 530. The summed E-state index contributed by atoms with van der Waals surface area (Å²) >= 11 is 5.86. The first kappa shape index (κ1) is 16.2. The first-order chi connectivity index (χ1) is 9.41. The van der Waals surface area contributed by atoms with E-state index >= 15 is 0 Å². The molecule has 0 unspecified atom stereocenters. The summed E-state index contributed by atoms with van der Waals surface area (Å²) in [7, 11) is 0. The van der Waals surface area contributed by atoms with Crippen molar-refractivity contribution >= 4 is 29.0 Å². The van der Waals surface area contributed by atoms with Gasteiger partial charge in [-0.2, -0.15) is 0 Å². The number of nitrogens with zero attached hydrogens (tertiary/aromatic N) is 1. The Morgan fingerprint density at radius 3 is 2.55 bits per heavy atom. The van der Waals surface area contributed by atoms with Crippen LogP contribution in [0.15, 0.2) is 23.4 Å². The fraction of sp³-hybridized carbons (Fsp3) is 0.385. The topological polar surface area (TPSA) is 87.7 Å². The molecular formula is C13H17ClFN3O2. The fourth-order valence-electron chi connectivity index (χ4n) is 1.98. The Hall–Kier alpha value is -1.82. The highest BCUT2D eigenvalue weighted by atomic mass is 35.5. The van der Waals surface area contributed by atoms with E-state index in [4.69, 9.17) is 22.5 Å². The average Bonchev–Trinajstić information content (AvgIpc) is 2.43. The normalized spacial score (nSPS) is 12.3. The fourth-order valence-corrected chi connectivity index (χ4v) is 2.19. The van der Waals surface area contributed by atoms with Crippen molar-refractivity contribution in [3.05, 3.63) is 29.0 Å². The lowest BCUT2D eigenvalue weighted by Gasteiger charge is -2.28. The predicted molar refractivity (Wildman–Crippen MR) is 76.5 cm³/mol. The van der Waals surface area contributed by atoms with E-state index in [0.717, 1.165) is 6.07 Å². The van der Waals surface area contributed by atoms with Crippen LogP contribution in [-0.4, -0.2) is 17.0 Å². The molecule has 0 radical (unpaired) electrons. The molecule has 0 saturated heterocycles. The summed E-state index contributed by atoms with van der Waals surface area (Å²) in [5.41, 5.74) is 4.78. The lowest BCUT2D eigenvalue weighted by molar-refractivity contribution is -0.122. The maximum atomic E-state index is 13.0.